The molecular formula is C38H31ClF3N9O6. The molecule has 2 aromatic carbocycles. The number of aromatic nitrogens is 7. The number of benzene rings is 2. The topological polar surface area (TPSA) is 179 Å². The van der Waals surface area contributed by atoms with Crippen molar-refractivity contribution in [3.63, 3.8) is 0 Å². The number of carbonyl (C=O) groups excluding carboxylic acids is 2. The predicted molar refractivity (Wildman–Crippen MR) is 198 cm³/mol. The highest BCUT2D eigenvalue weighted by Crippen LogP contribution is 2.48. The summed E-state index contributed by atoms with van der Waals surface area (Å²) in [5.41, 5.74) is -1.34. The fourth-order valence-corrected chi connectivity index (χ4v) is 7.63. The van der Waals surface area contributed by atoms with Gasteiger partial charge in [0.2, 0.25) is 11.7 Å². The Kier molecular flexibility index (Phi) is 9.19. The Morgan fingerprint density at radius 3 is 2.47 bits per heavy atom. The molecule has 15 nitrogen and oxygen atoms in total. The minimum atomic E-state index is -4.65. The molecule has 0 unspecified atom stereocenters. The zero-order valence-corrected chi connectivity index (χ0v) is 30.9. The third kappa shape index (κ3) is 6.59. The third-order valence-electron chi connectivity index (χ3n) is 10.2. The molecule has 6 aromatic rings. The first-order chi connectivity index (χ1) is 27.1. The lowest BCUT2D eigenvalue weighted by Crippen LogP contribution is -2.47. The van der Waals surface area contributed by atoms with Gasteiger partial charge in [0, 0.05) is 36.6 Å². The van der Waals surface area contributed by atoms with Gasteiger partial charge in [-0.3, -0.25) is 23.7 Å². The van der Waals surface area contributed by atoms with Crippen molar-refractivity contribution in [2.75, 3.05) is 18.4 Å². The number of ether oxygens (including phenoxy) is 1. The Hall–Kier alpha value is -6.40. The highest BCUT2D eigenvalue weighted by Gasteiger charge is 2.50. The number of likely N-dealkylation sites (tertiary alicyclic amines) is 1. The van der Waals surface area contributed by atoms with Crippen LogP contribution in [0.15, 0.2) is 82.8 Å². The van der Waals surface area contributed by atoms with Gasteiger partial charge in [-0.2, -0.15) is 22.7 Å². The molecule has 0 saturated carbocycles. The molecule has 1 atom stereocenters. The van der Waals surface area contributed by atoms with Crippen LogP contribution in [0.5, 0.6) is 5.75 Å². The molecule has 0 radical (unpaired) electrons. The number of anilines is 1. The molecule has 1 spiro atoms. The van der Waals surface area contributed by atoms with Crippen molar-refractivity contribution in [1.29, 1.82) is 0 Å². The van der Waals surface area contributed by atoms with Crippen LogP contribution in [0.1, 0.15) is 58.9 Å². The Bertz CT molecular complexity index is 2720. The number of rotatable bonds is 6. The zero-order valence-electron chi connectivity index (χ0n) is 30.1. The number of amides is 2. The monoisotopic (exact) mass is 801 g/mol. The SMILES string of the molecule is Cc1ncnc(C(=O)N2CCC3(CC2)O[C@H](C)c2c3c(=O)n3nc(-c4ccc(-n5ccccc5=O)cc4)nc3n2CC(=O)Nc2ccc(C(F)(F)F)cc2Cl)c1O. The van der Waals surface area contributed by atoms with E-state index >= 15 is 0 Å². The Morgan fingerprint density at radius 1 is 1.05 bits per heavy atom. The molecule has 1 fully saturated rings. The number of piperidine rings is 1. The number of nitrogens with zero attached hydrogens (tertiary/aromatic N) is 8. The maximum absolute atomic E-state index is 14.6. The lowest BCUT2D eigenvalue weighted by molar-refractivity contribution is -0.137. The quantitative estimate of drug-likeness (QED) is 0.232. The van der Waals surface area contributed by atoms with E-state index in [4.69, 9.17) is 16.3 Å². The normalized spacial score (nSPS) is 16.2. The summed E-state index contributed by atoms with van der Waals surface area (Å²) in [6.07, 6.45) is -2.27. The average molecular weight is 802 g/mol. The molecule has 292 valence electrons. The van der Waals surface area contributed by atoms with Gasteiger partial charge in [-0.1, -0.05) is 17.7 Å². The van der Waals surface area contributed by atoms with Crippen LogP contribution in [0, 0.1) is 6.92 Å². The van der Waals surface area contributed by atoms with Gasteiger partial charge in [0.25, 0.3) is 17.0 Å². The van der Waals surface area contributed by atoms with Crippen LogP contribution in [-0.4, -0.2) is 68.6 Å². The number of carbonyl (C=O) groups is 2. The van der Waals surface area contributed by atoms with Gasteiger partial charge in [0.15, 0.2) is 17.3 Å². The van der Waals surface area contributed by atoms with E-state index in [0.29, 0.717) is 23.0 Å². The fraction of sp³-hybridized carbons (Fsp3) is 0.263. The lowest BCUT2D eigenvalue weighted by atomic mass is 9.85. The summed E-state index contributed by atoms with van der Waals surface area (Å²) >= 11 is 6.16. The summed E-state index contributed by atoms with van der Waals surface area (Å²) in [4.78, 5) is 68.2. The molecule has 0 bridgehead atoms. The first kappa shape index (κ1) is 37.5. The van der Waals surface area contributed by atoms with Gasteiger partial charge < -0.3 is 24.6 Å². The van der Waals surface area contributed by atoms with Gasteiger partial charge in [-0.15, -0.1) is 5.10 Å². The van der Waals surface area contributed by atoms with Crippen molar-refractivity contribution >= 4 is 34.9 Å². The highest BCUT2D eigenvalue weighted by atomic mass is 35.5. The molecule has 1 saturated heterocycles. The minimum absolute atomic E-state index is 0.0134. The van der Waals surface area contributed by atoms with Gasteiger partial charge in [0.1, 0.15) is 18.5 Å². The standard InChI is InChI=1S/C38H31ClF3N9O6/c1-20-32(54)30(44-19-43-20)35(56)48-15-12-37(13-16-48)29-31(21(2)57-37)50(18-27(52)45-26-11-8-23(17-25(26)39)38(40,41)42)36-46-33(47-51(36)34(29)55)22-6-9-24(10-7-22)49-14-4-3-5-28(49)53/h3-11,14,17,19,21,54H,12-13,15-16,18H2,1-2H3,(H,45,52)/t21-/m1/s1. The largest absolute Gasteiger partial charge is 0.504 e. The van der Waals surface area contributed by atoms with E-state index in [-0.39, 0.29) is 76.5 Å². The van der Waals surface area contributed by atoms with Crippen LogP contribution in [0.2, 0.25) is 5.02 Å². The second kappa shape index (κ2) is 14.0. The van der Waals surface area contributed by atoms with E-state index in [1.165, 1.54) is 26.4 Å². The van der Waals surface area contributed by atoms with Crippen molar-refractivity contribution in [2.24, 2.45) is 0 Å². The molecule has 8 rings (SSSR count). The fourth-order valence-electron chi connectivity index (χ4n) is 7.41. The smallest absolute Gasteiger partial charge is 0.416 e. The molecule has 2 aliphatic heterocycles. The van der Waals surface area contributed by atoms with Crippen LogP contribution in [0.4, 0.5) is 18.9 Å². The molecule has 6 heterocycles. The molecule has 57 heavy (non-hydrogen) atoms. The third-order valence-corrected chi connectivity index (χ3v) is 10.5. The van der Waals surface area contributed by atoms with E-state index < -0.39 is 47.4 Å². The number of aromatic hydroxyl groups is 1. The number of halogens is 4. The van der Waals surface area contributed by atoms with Crippen LogP contribution in [-0.2, 0) is 27.9 Å². The number of alkyl halides is 3. The maximum Gasteiger partial charge on any atom is 0.416 e. The summed E-state index contributed by atoms with van der Waals surface area (Å²) in [5.74, 6) is -1.42. The zero-order chi connectivity index (χ0) is 40.4. The molecule has 2 amide bonds. The Balaban J connectivity index is 1.18. The van der Waals surface area contributed by atoms with Crippen molar-refractivity contribution in [2.45, 2.75) is 51.1 Å². The first-order valence-electron chi connectivity index (χ1n) is 17.6. The summed E-state index contributed by atoms with van der Waals surface area (Å²) in [6, 6.07) is 14.1. The summed E-state index contributed by atoms with van der Waals surface area (Å²) in [7, 11) is 0. The Labute approximate surface area is 325 Å². The Morgan fingerprint density at radius 2 is 1.79 bits per heavy atom. The molecular weight excluding hydrogens is 771 g/mol. The summed E-state index contributed by atoms with van der Waals surface area (Å²) in [6.45, 7) is 3.03. The van der Waals surface area contributed by atoms with Gasteiger partial charge in [-0.05, 0) is 75.2 Å². The highest BCUT2D eigenvalue weighted by molar-refractivity contribution is 6.33. The second-order valence-corrected chi connectivity index (χ2v) is 14.1. The number of fused-ring (bicyclic) bond motifs is 3. The lowest BCUT2D eigenvalue weighted by Gasteiger charge is -2.39. The average Bonchev–Trinajstić information content (AvgIpc) is 3.75. The number of nitrogens with one attached hydrogen (secondary N) is 1. The van der Waals surface area contributed by atoms with Gasteiger partial charge in [0.05, 0.1) is 39.3 Å². The number of aryl methyl sites for hydroxylation is 1. The summed E-state index contributed by atoms with van der Waals surface area (Å²) in [5, 5.41) is 17.3. The molecule has 19 heteroatoms. The molecule has 0 aliphatic carbocycles. The van der Waals surface area contributed by atoms with E-state index in [2.05, 4.69) is 25.4 Å². The van der Waals surface area contributed by atoms with Crippen molar-refractivity contribution in [3.8, 4) is 22.8 Å². The molecule has 2 N–H and O–H groups in total. The van der Waals surface area contributed by atoms with Crippen molar-refractivity contribution < 1.29 is 32.6 Å². The molecule has 4 aromatic heterocycles. The predicted octanol–water partition coefficient (Wildman–Crippen LogP) is 5.05. The van der Waals surface area contributed by atoms with Crippen LogP contribution in [0.3, 0.4) is 0 Å². The number of hydrogen-bond donors (Lipinski definition) is 2. The van der Waals surface area contributed by atoms with E-state index in [9.17, 15) is 37.5 Å². The van der Waals surface area contributed by atoms with Crippen molar-refractivity contribution in [3.05, 3.63) is 127 Å². The molecule has 2 aliphatic rings. The first-order valence-corrected chi connectivity index (χ1v) is 18.0. The second-order valence-electron chi connectivity index (χ2n) is 13.7. The number of hydrogen-bond acceptors (Lipinski definition) is 10. The van der Waals surface area contributed by atoms with Crippen LogP contribution >= 0.6 is 11.6 Å². The number of pyridine rings is 1. The minimum Gasteiger partial charge on any atom is -0.504 e. The van der Waals surface area contributed by atoms with Crippen molar-refractivity contribution in [1.82, 2.24) is 38.6 Å². The van der Waals surface area contributed by atoms with Gasteiger partial charge in [-0.25, -0.2) is 9.97 Å². The summed E-state index contributed by atoms with van der Waals surface area (Å²) < 4.78 is 50.5. The van der Waals surface area contributed by atoms with Crippen LogP contribution in [0.25, 0.3) is 22.9 Å². The van der Waals surface area contributed by atoms with E-state index in [1.54, 1.807) is 56.4 Å². The van der Waals surface area contributed by atoms with Crippen LogP contribution < -0.4 is 16.4 Å². The van der Waals surface area contributed by atoms with Gasteiger partial charge >= 0.3 is 6.18 Å². The van der Waals surface area contributed by atoms with E-state index in [0.717, 1.165) is 16.6 Å². The van der Waals surface area contributed by atoms with E-state index in [1.807, 2.05) is 0 Å². The maximum atomic E-state index is 14.6.